The van der Waals surface area contributed by atoms with E-state index in [0.29, 0.717) is 36.3 Å². The van der Waals surface area contributed by atoms with Crippen LogP contribution in [0.5, 0.6) is 11.5 Å². The molecule has 0 radical (unpaired) electrons. The lowest BCUT2D eigenvalue weighted by Gasteiger charge is -2.19. The molecule has 0 aliphatic carbocycles. The van der Waals surface area contributed by atoms with Crippen molar-refractivity contribution in [2.24, 2.45) is 5.92 Å². The number of pyridine rings is 1. The van der Waals surface area contributed by atoms with Crippen molar-refractivity contribution < 1.29 is 9.47 Å². The number of unbranched alkanes of at least 4 members (excludes halogenated alkanes) is 5. The van der Waals surface area contributed by atoms with E-state index < -0.39 is 0 Å². The predicted molar refractivity (Wildman–Crippen MR) is 122 cm³/mol. The SMILES string of the molecule is CCCCCCCCn1c(=O)c(OCC(C)CCC)c(OC)c2ccc(N)cc21. The van der Waals surface area contributed by atoms with Gasteiger partial charge in [0.2, 0.25) is 5.75 Å². The Balaban J connectivity index is 2.35. The van der Waals surface area contributed by atoms with Gasteiger partial charge in [0.05, 0.1) is 19.2 Å². The molecule has 0 amide bonds. The molecule has 0 aliphatic rings. The van der Waals surface area contributed by atoms with Crippen LogP contribution in [0.1, 0.15) is 72.1 Å². The second-order valence-electron chi connectivity index (χ2n) is 8.07. The number of nitrogen functional groups attached to an aromatic ring is 1. The zero-order chi connectivity index (χ0) is 21.2. The normalized spacial score (nSPS) is 12.3. The number of ether oxygens (including phenoxy) is 2. The lowest BCUT2D eigenvalue weighted by Crippen LogP contribution is -2.25. The molecular formula is C24H38N2O3. The minimum absolute atomic E-state index is 0.128. The third-order valence-electron chi connectivity index (χ3n) is 5.44. The van der Waals surface area contributed by atoms with E-state index in [-0.39, 0.29) is 5.56 Å². The van der Waals surface area contributed by atoms with E-state index in [1.54, 1.807) is 7.11 Å². The van der Waals surface area contributed by atoms with Crippen molar-refractivity contribution in [2.75, 3.05) is 19.5 Å². The summed E-state index contributed by atoms with van der Waals surface area (Å²) in [5.74, 6) is 1.21. The number of nitrogens with zero attached hydrogens (tertiary/aromatic N) is 1. The van der Waals surface area contributed by atoms with Gasteiger partial charge in [-0.2, -0.15) is 0 Å². The fourth-order valence-electron chi connectivity index (χ4n) is 3.82. The van der Waals surface area contributed by atoms with Crippen molar-refractivity contribution in [1.29, 1.82) is 0 Å². The average Bonchev–Trinajstić information content (AvgIpc) is 2.70. The number of rotatable bonds is 13. The summed E-state index contributed by atoms with van der Waals surface area (Å²) in [5, 5.41) is 0.866. The Bertz CT molecular complexity index is 829. The standard InChI is InChI=1S/C24H38N2O3/c1-5-7-8-9-10-11-15-26-21-16-19(25)13-14-20(21)22(28-4)23(24(26)27)29-17-18(3)12-6-2/h13-14,16,18H,5-12,15,17,25H2,1-4H3. The Morgan fingerprint density at radius 3 is 2.45 bits per heavy atom. The molecule has 0 spiro atoms. The zero-order valence-corrected chi connectivity index (χ0v) is 18.6. The van der Waals surface area contributed by atoms with Gasteiger partial charge in [-0.3, -0.25) is 4.79 Å². The van der Waals surface area contributed by atoms with Gasteiger partial charge in [0.1, 0.15) is 0 Å². The van der Waals surface area contributed by atoms with Crippen LogP contribution in [-0.4, -0.2) is 18.3 Å². The first-order valence-electron chi connectivity index (χ1n) is 11.2. The molecule has 0 fully saturated rings. The Morgan fingerprint density at radius 1 is 1.03 bits per heavy atom. The van der Waals surface area contributed by atoms with Crippen molar-refractivity contribution in [2.45, 2.75) is 78.7 Å². The van der Waals surface area contributed by atoms with Crippen molar-refractivity contribution in [3.63, 3.8) is 0 Å². The largest absolute Gasteiger partial charge is 0.492 e. The summed E-state index contributed by atoms with van der Waals surface area (Å²) in [7, 11) is 1.59. The highest BCUT2D eigenvalue weighted by atomic mass is 16.5. The number of benzene rings is 1. The Hall–Kier alpha value is -2.17. The van der Waals surface area contributed by atoms with Crippen LogP contribution in [0, 0.1) is 5.92 Å². The molecule has 0 saturated heterocycles. The van der Waals surface area contributed by atoms with Crippen LogP contribution in [0.4, 0.5) is 5.69 Å². The maximum absolute atomic E-state index is 13.3. The average molecular weight is 403 g/mol. The quantitative estimate of drug-likeness (QED) is 0.341. The molecule has 5 heteroatoms. The van der Waals surface area contributed by atoms with Gasteiger partial charge in [-0.05, 0) is 37.0 Å². The highest BCUT2D eigenvalue weighted by Crippen LogP contribution is 2.34. The second kappa shape index (κ2) is 11.7. The maximum atomic E-state index is 13.3. The Kier molecular flexibility index (Phi) is 9.36. The molecule has 0 saturated carbocycles. The molecule has 29 heavy (non-hydrogen) atoms. The number of methoxy groups -OCH3 is 1. The van der Waals surface area contributed by atoms with Gasteiger partial charge in [-0.15, -0.1) is 0 Å². The number of anilines is 1. The molecule has 1 aromatic heterocycles. The predicted octanol–water partition coefficient (Wildman–Crippen LogP) is 5.77. The van der Waals surface area contributed by atoms with Gasteiger partial charge in [-0.1, -0.05) is 59.3 Å². The molecule has 0 aliphatic heterocycles. The lowest BCUT2D eigenvalue weighted by atomic mass is 10.1. The summed E-state index contributed by atoms with van der Waals surface area (Å²) in [6.45, 7) is 7.70. The monoisotopic (exact) mass is 402 g/mol. The second-order valence-corrected chi connectivity index (χ2v) is 8.07. The van der Waals surface area contributed by atoms with Gasteiger partial charge in [0, 0.05) is 17.6 Å². The Labute approximate surface area is 175 Å². The van der Waals surface area contributed by atoms with Crippen LogP contribution >= 0.6 is 0 Å². The number of aromatic nitrogens is 1. The van der Waals surface area contributed by atoms with Crippen LogP contribution in [0.3, 0.4) is 0 Å². The first-order chi connectivity index (χ1) is 14.0. The molecule has 1 unspecified atom stereocenters. The smallest absolute Gasteiger partial charge is 0.297 e. The summed E-state index contributed by atoms with van der Waals surface area (Å²) < 4.78 is 13.5. The van der Waals surface area contributed by atoms with Gasteiger partial charge in [-0.25, -0.2) is 0 Å². The highest BCUT2D eigenvalue weighted by molar-refractivity contribution is 5.90. The van der Waals surface area contributed by atoms with Gasteiger partial charge < -0.3 is 19.8 Å². The summed E-state index contributed by atoms with van der Waals surface area (Å²) in [5.41, 5.74) is 7.35. The molecule has 162 valence electrons. The van der Waals surface area contributed by atoms with Gasteiger partial charge in [0.15, 0.2) is 5.75 Å². The van der Waals surface area contributed by atoms with E-state index in [1.165, 1.54) is 25.7 Å². The summed E-state index contributed by atoms with van der Waals surface area (Å²) in [4.78, 5) is 13.3. The maximum Gasteiger partial charge on any atom is 0.297 e. The number of fused-ring (bicyclic) bond motifs is 1. The first kappa shape index (κ1) is 23.1. The lowest BCUT2D eigenvalue weighted by molar-refractivity contribution is 0.236. The summed E-state index contributed by atoms with van der Waals surface area (Å²) in [6, 6.07) is 5.62. The van der Waals surface area contributed by atoms with Crippen LogP contribution in [0.2, 0.25) is 0 Å². The van der Waals surface area contributed by atoms with E-state index in [1.807, 2.05) is 22.8 Å². The third kappa shape index (κ3) is 6.15. The Morgan fingerprint density at radius 2 is 1.76 bits per heavy atom. The summed E-state index contributed by atoms with van der Waals surface area (Å²) >= 11 is 0. The molecule has 2 aromatic rings. The van der Waals surface area contributed by atoms with Gasteiger partial charge in [0.25, 0.3) is 5.56 Å². The topological polar surface area (TPSA) is 66.5 Å². The van der Waals surface area contributed by atoms with Crippen molar-refractivity contribution in [3.05, 3.63) is 28.6 Å². The fraction of sp³-hybridized carbons (Fsp3) is 0.625. The molecule has 0 bridgehead atoms. The van der Waals surface area contributed by atoms with Crippen LogP contribution < -0.4 is 20.8 Å². The van der Waals surface area contributed by atoms with Crippen LogP contribution in [0.15, 0.2) is 23.0 Å². The molecule has 2 N–H and O–H groups in total. The molecule has 1 aromatic carbocycles. The van der Waals surface area contributed by atoms with Crippen LogP contribution in [0.25, 0.3) is 10.9 Å². The first-order valence-corrected chi connectivity index (χ1v) is 11.2. The number of hydrogen-bond donors (Lipinski definition) is 1. The van der Waals surface area contributed by atoms with Crippen molar-refractivity contribution in [1.82, 2.24) is 4.57 Å². The molecule has 1 heterocycles. The van der Waals surface area contributed by atoms with Crippen molar-refractivity contribution >= 4 is 16.6 Å². The fourth-order valence-corrected chi connectivity index (χ4v) is 3.82. The molecule has 2 rings (SSSR count). The van der Waals surface area contributed by atoms with E-state index in [0.717, 1.165) is 36.6 Å². The highest BCUT2D eigenvalue weighted by Gasteiger charge is 2.20. The van der Waals surface area contributed by atoms with E-state index >= 15 is 0 Å². The van der Waals surface area contributed by atoms with Crippen LogP contribution in [-0.2, 0) is 6.54 Å². The zero-order valence-electron chi connectivity index (χ0n) is 18.6. The summed E-state index contributed by atoms with van der Waals surface area (Å²) in [6.07, 6.45) is 9.22. The minimum Gasteiger partial charge on any atom is -0.492 e. The van der Waals surface area contributed by atoms with Gasteiger partial charge >= 0.3 is 0 Å². The van der Waals surface area contributed by atoms with E-state index in [4.69, 9.17) is 15.2 Å². The molecule has 5 nitrogen and oxygen atoms in total. The third-order valence-corrected chi connectivity index (χ3v) is 5.44. The van der Waals surface area contributed by atoms with Crippen molar-refractivity contribution in [3.8, 4) is 11.5 Å². The minimum atomic E-state index is -0.128. The van der Waals surface area contributed by atoms with E-state index in [9.17, 15) is 4.79 Å². The molecular weight excluding hydrogens is 364 g/mol. The molecule has 1 atom stereocenters. The number of nitrogens with two attached hydrogens (primary N) is 1. The van der Waals surface area contributed by atoms with E-state index in [2.05, 4.69) is 20.8 Å². The number of hydrogen-bond acceptors (Lipinski definition) is 4. The number of aryl methyl sites for hydroxylation is 1.